The smallest absolute Gasteiger partial charge is 0.429 e. The van der Waals surface area contributed by atoms with Crippen LogP contribution in [0.25, 0.3) is 33.4 Å². The second-order valence-electron chi connectivity index (χ2n) is 11.5. The van der Waals surface area contributed by atoms with E-state index in [9.17, 15) is 39.5 Å². The molecule has 0 saturated carbocycles. The van der Waals surface area contributed by atoms with Crippen LogP contribution >= 0.6 is 0 Å². The van der Waals surface area contributed by atoms with E-state index in [0.29, 0.717) is 12.1 Å². The van der Waals surface area contributed by atoms with Gasteiger partial charge < -0.3 is 4.74 Å². The van der Waals surface area contributed by atoms with Crippen LogP contribution in [0.15, 0.2) is 84.9 Å². The monoisotopic (exact) mass is 746 g/mol. The average molecular weight is 747 g/mol. The summed E-state index contributed by atoms with van der Waals surface area (Å²) in [4.78, 5) is 0. The molecule has 0 amide bonds. The largest absolute Gasteiger partial charge is 0.527 e. The molecule has 0 radical (unpaired) electrons. The van der Waals surface area contributed by atoms with Crippen LogP contribution < -0.4 is 4.74 Å². The first-order valence-corrected chi connectivity index (χ1v) is 15.2. The maximum Gasteiger partial charge on any atom is 0.527 e. The molecule has 52 heavy (non-hydrogen) atoms. The van der Waals surface area contributed by atoms with E-state index in [1.807, 2.05) is 24.3 Å². The van der Waals surface area contributed by atoms with Gasteiger partial charge in [0.1, 0.15) is 51.8 Å². The van der Waals surface area contributed by atoms with Crippen molar-refractivity contribution >= 4 is 0 Å². The third-order valence-corrected chi connectivity index (χ3v) is 7.79. The van der Waals surface area contributed by atoms with Crippen molar-refractivity contribution in [1.29, 1.82) is 0 Å². The predicted molar refractivity (Wildman–Crippen MR) is 163 cm³/mol. The van der Waals surface area contributed by atoms with Crippen LogP contribution in [-0.4, -0.2) is 6.36 Å². The summed E-state index contributed by atoms with van der Waals surface area (Å²) in [6.45, 7) is 2.08. The number of halogens is 13. The minimum Gasteiger partial charge on any atom is -0.429 e. The maximum absolute atomic E-state index is 15.1. The molecule has 0 saturated heterocycles. The second-order valence-corrected chi connectivity index (χ2v) is 11.5. The van der Waals surface area contributed by atoms with Crippen molar-refractivity contribution in [3.8, 4) is 39.1 Å². The van der Waals surface area contributed by atoms with E-state index in [1.165, 1.54) is 12.1 Å². The molecule has 5 aromatic carbocycles. The number of unbranched alkanes of at least 4 members (excludes halogenated alkanes) is 1. The Hall–Kier alpha value is -5.05. The molecule has 0 unspecified atom stereocenters. The SMILES string of the molecule is CCCCc1ccc(-c2ccc(-c3cc(F)c(C(F)(F)Oc4cc(F)c(-c5cc(F)c(C(F)(F)OC(F)(F)F)c(F)c5)c(F)c4)c(F)c3)cc2)cc1. The lowest BCUT2D eigenvalue weighted by atomic mass is 9.98. The van der Waals surface area contributed by atoms with Gasteiger partial charge in [0.25, 0.3) is 0 Å². The number of rotatable bonds is 11. The number of alkyl halides is 7. The fourth-order valence-electron chi connectivity index (χ4n) is 5.39. The Morgan fingerprint density at radius 1 is 0.481 bits per heavy atom. The minimum atomic E-state index is -6.04. The molecule has 0 fully saturated rings. The third-order valence-electron chi connectivity index (χ3n) is 7.79. The van der Waals surface area contributed by atoms with E-state index in [1.54, 1.807) is 12.1 Å². The van der Waals surface area contributed by atoms with Crippen molar-refractivity contribution in [3.05, 3.63) is 137 Å². The van der Waals surface area contributed by atoms with Gasteiger partial charge in [-0.2, -0.15) is 17.6 Å². The molecule has 0 aliphatic heterocycles. The first-order valence-electron chi connectivity index (χ1n) is 15.2. The first-order chi connectivity index (χ1) is 24.3. The molecule has 0 spiro atoms. The summed E-state index contributed by atoms with van der Waals surface area (Å²) < 4.78 is 190. The molecule has 0 bridgehead atoms. The summed E-state index contributed by atoms with van der Waals surface area (Å²) in [7, 11) is 0. The number of ether oxygens (including phenoxy) is 2. The molecule has 5 aromatic rings. The van der Waals surface area contributed by atoms with Gasteiger partial charge in [-0.15, -0.1) is 13.2 Å². The quantitative estimate of drug-likeness (QED) is 0.125. The highest BCUT2D eigenvalue weighted by Crippen LogP contribution is 2.42. The number of hydrogen-bond donors (Lipinski definition) is 0. The van der Waals surface area contributed by atoms with Gasteiger partial charge in [0.15, 0.2) is 0 Å². The molecule has 5 rings (SSSR count). The normalized spacial score (nSPS) is 12.3. The van der Waals surface area contributed by atoms with Crippen molar-refractivity contribution in [1.82, 2.24) is 0 Å². The zero-order chi connectivity index (χ0) is 38.2. The zero-order valence-electron chi connectivity index (χ0n) is 26.4. The van der Waals surface area contributed by atoms with Crippen molar-refractivity contribution < 1.29 is 66.5 Å². The van der Waals surface area contributed by atoms with E-state index < -0.39 is 81.5 Å². The van der Waals surface area contributed by atoms with E-state index in [0.717, 1.165) is 36.0 Å². The highest BCUT2D eigenvalue weighted by Gasteiger charge is 2.49. The standard InChI is InChI=1S/C37H23F13O2/c1-2-3-4-19-5-7-20(8-6-19)21-9-11-22(12-10-21)23-13-28(40)33(29(41)14-23)35(44,45)51-25-17-26(38)32(27(39)18-25)24-15-30(42)34(31(43)16-24)36(46,47)52-37(48,49)50/h5-18H,2-4H2,1H3. The second kappa shape index (κ2) is 14.5. The van der Waals surface area contributed by atoms with E-state index in [4.69, 9.17) is 0 Å². The molecular weight excluding hydrogens is 723 g/mol. The number of aryl methyl sites for hydroxylation is 1. The van der Waals surface area contributed by atoms with Gasteiger partial charge in [0.2, 0.25) is 0 Å². The van der Waals surface area contributed by atoms with Crippen molar-refractivity contribution in [2.24, 2.45) is 0 Å². The lowest BCUT2D eigenvalue weighted by Crippen LogP contribution is -2.29. The highest BCUT2D eigenvalue weighted by molar-refractivity contribution is 5.71. The Balaban J connectivity index is 1.37. The molecule has 0 aromatic heterocycles. The molecule has 0 heterocycles. The van der Waals surface area contributed by atoms with Crippen LogP contribution in [0.3, 0.4) is 0 Å². The van der Waals surface area contributed by atoms with Crippen LogP contribution in [-0.2, 0) is 23.4 Å². The predicted octanol–water partition coefficient (Wildman–Crippen LogP) is 12.6. The van der Waals surface area contributed by atoms with Crippen LogP contribution in [0.5, 0.6) is 5.75 Å². The summed E-state index contributed by atoms with van der Waals surface area (Å²) in [6, 6.07) is 15.1. The van der Waals surface area contributed by atoms with Gasteiger partial charge in [-0.1, -0.05) is 61.9 Å². The summed E-state index contributed by atoms with van der Waals surface area (Å²) >= 11 is 0. The Bertz CT molecular complexity index is 2000. The van der Waals surface area contributed by atoms with E-state index in [2.05, 4.69) is 16.4 Å². The summed E-state index contributed by atoms with van der Waals surface area (Å²) in [6.07, 6.45) is -13.5. The molecule has 15 heteroatoms. The highest BCUT2D eigenvalue weighted by atomic mass is 19.4. The van der Waals surface area contributed by atoms with Crippen molar-refractivity contribution in [3.63, 3.8) is 0 Å². The Morgan fingerprint density at radius 2 is 0.885 bits per heavy atom. The summed E-state index contributed by atoms with van der Waals surface area (Å²) in [5, 5.41) is 0. The van der Waals surface area contributed by atoms with Gasteiger partial charge in [-0.25, -0.2) is 31.1 Å². The molecule has 0 aliphatic rings. The lowest BCUT2D eigenvalue weighted by molar-refractivity contribution is -0.432. The average Bonchev–Trinajstić information content (AvgIpc) is 3.01. The van der Waals surface area contributed by atoms with Crippen LogP contribution in [0.2, 0.25) is 0 Å². The lowest BCUT2D eigenvalue weighted by Gasteiger charge is -2.21. The third kappa shape index (κ3) is 8.35. The van der Waals surface area contributed by atoms with Crippen LogP contribution in [0, 0.1) is 34.9 Å². The van der Waals surface area contributed by atoms with Gasteiger partial charge in [-0.3, -0.25) is 0 Å². The van der Waals surface area contributed by atoms with Gasteiger partial charge >= 0.3 is 18.6 Å². The number of benzene rings is 5. The Labute approximate surface area is 287 Å². The maximum atomic E-state index is 15.1. The topological polar surface area (TPSA) is 18.5 Å². The first kappa shape index (κ1) is 38.2. The molecular formula is C37H23F13O2. The Morgan fingerprint density at radius 3 is 1.33 bits per heavy atom. The Kier molecular flexibility index (Phi) is 10.7. The van der Waals surface area contributed by atoms with Gasteiger partial charge in [-0.05, 0) is 70.5 Å². The van der Waals surface area contributed by atoms with E-state index >= 15 is 17.6 Å². The molecule has 0 N–H and O–H groups in total. The zero-order valence-corrected chi connectivity index (χ0v) is 26.4. The summed E-state index contributed by atoms with van der Waals surface area (Å²) in [5.74, 6) is -13.5. The molecule has 2 nitrogen and oxygen atoms in total. The number of hydrogen-bond acceptors (Lipinski definition) is 2. The molecule has 274 valence electrons. The van der Waals surface area contributed by atoms with Crippen LogP contribution in [0.4, 0.5) is 57.1 Å². The van der Waals surface area contributed by atoms with Crippen molar-refractivity contribution in [2.75, 3.05) is 0 Å². The summed E-state index contributed by atoms with van der Waals surface area (Å²) in [5.41, 5.74) is -4.12. The minimum absolute atomic E-state index is 0.0297. The van der Waals surface area contributed by atoms with Gasteiger partial charge in [0.05, 0.1) is 5.56 Å². The molecule has 0 atom stereocenters. The molecule has 0 aliphatic carbocycles. The van der Waals surface area contributed by atoms with Crippen LogP contribution in [0.1, 0.15) is 36.5 Å². The fourth-order valence-corrected chi connectivity index (χ4v) is 5.39. The van der Waals surface area contributed by atoms with Gasteiger partial charge in [0, 0.05) is 12.1 Å². The van der Waals surface area contributed by atoms with Crippen molar-refractivity contribution in [2.45, 2.75) is 44.8 Å². The van der Waals surface area contributed by atoms with E-state index in [-0.39, 0.29) is 35.4 Å². The fraction of sp³-hybridized carbons (Fsp3) is 0.189.